The molecule has 94 valence electrons. The van der Waals surface area contributed by atoms with Crippen LogP contribution in [0, 0.1) is 23.3 Å². The van der Waals surface area contributed by atoms with Crippen LogP contribution in [0.1, 0.15) is 0 Å². The van der Waals surface area contributed by atoms with Gasteiger partial charge in [0.15, 0.2) is 23.2 Å². The van der Waals surface area contributed by atoms with Crippen molar-refractivity contribution in [2.45, 2.75) is 0 Å². The van der Waals surface area contributed by atoms with Crippen molar-refractivity contribution in [2.75, 3.05) is 5.73 Å². The molecule has 6 heteroatoms. The molecule has 18 heavy (non-hydrogen) atoms. The number of nitrogens with two attached hydrogens (primary N) is 1. The van der Waals surface area contributed by atoms with Crippen LogP contribution in [0.15, 0.2) is 30.3 Å². The lowest BCUT2D eigenvalue weighted by molar-refractivity contribution is 0.413. The Balaban J connectivity index is 2.39. The molecule has 0 saturated heterocycles. The summed E-state index contributed by atoms with van der Waals surface area (Å²) in [5, 5.41) is 0. The normalized spacial score (nSPS) is 10.4. The van der Waals surface area contributed by atoms with Gasteiger partial charge in [0.1, 0.15) is 5.75 Å². The lowest BCUT2D eigenvalue weighted by Gasteiger charge is -2.09. The Morgan fingerprint density at radius 1 is 0.833 bits per heavy atom. The standard InChI is InChI=1S/C12H7F4NO/c13-7-2-1-6(5-9(7)15)18-12-10(17)4-3-8(14)11(12)16/h1-5H,17H2. The van der Waals surface area contributed by atoms with Crippen LogP contribution < -0.4 is 10.5 Å². The Morgan fingerprint density at radius 2 is 1.50 bits per heavy atom. The van der Waals surface area contributed by atoms with Crippen molar-refractivity contribution in [3.8, 4) is 11.5 Å². The van der Waals surface area contributed by atoms with Crippen LogP contribution in [0.2, 0.25) is 0 Å². The van der Waals surface area contributed by atoms with E-state index in [1.807, 2.05) is 0 Å². The van der Waals surface area contributed by atoms with Crippen molar-refractivity contribution in [3.05, 3.63) is 53.6 Å². The molecule has 0 fully saturated rings. The monoisotopic (exact) mass is 257 g/mol. The molecule has 0 amide bonds. The van der Waals surface area contributed by atoms with E-state index in [9.17, 15) is 17.6 Å². The number of halogens is 4. The molecule has 0 aromatic heterocycles. The molecule has 2 aromatic carbocycles. The highest BCUT2D eigenvalue weighted by Crippen LogP contribution is 2.32. The van der Waals surface area contributed by atoms with Crippen molar-refractivity contribution in [1.82, 2.24) is 0 Å². The van der Waals surface area contributed by atoms with Crippen LogP contribution in [-0.4, -0.2) is 0 Å². The van der Waals surface area contributed by atoms with Gasteiger partial charge < -0.3 is 10.5 Å². The Bertz CT molecular complexity index is 601. The predicted molar refractivity (Wildman–Crippen MR) is 57.2 cm³/mol. The number of hydrogen-bond donors (Lipinski definition) is 1. The molecule has 2 nitrogen and oxygen atoms in total. The summed E-state index contributed by atoms with van der Waals surface area (Å²) in [5.41, 5.74) is 5.25. The van der Waals surface area contributed by atoms with E-state index in [-0.39, 0.29) is 11.4 Å². The van der Waals surface area contributed by atoms with Gasteiger partial charge in [-0.15, -0.1) is 0 Å². The van der Waals surface area contributed by atoms with Gasteiger partial charge in [0.05, 0.1) is 5.69 Å². The zero-order valence-corrected chi connectivity index (χ0v) is 8.88. The van der Waals surface area contributed by atoms with E-state index >= 15 is 0 Å². The highest BCUT2D eigenvalue weighted by atomic mass is 19.2. The predicted octanol–water partition coefficient (Wildman–Crippen LogP) is 3.62. The van der Waals surface area contributed by atoms with Crippen LogP contribution >= 0.6 is 0 Å². The third kappa shape index (κ3) is 2.22. The topological polar surface area (TPSA) is 35.2 Å². The van der Waals surface area contributed by atoms with Gasteiger partial charge in [-0.3, -0.25) is 0 Å². The van der Waals surface area contributed by atoms with E-state index < -0.39 is 29.0 Å². The minimum atomic E-state index is -1.29. The van der Waals surface area contributed by atoms with Gasteiger partial charge in [-0.1, -0.05) is 0 Å². The number of benzene rings is 2. The number of ether oxygens (including phenoxy) is 1. The summed E-state index contributed by atoms with van der Waals surface area (Å²) >= 11 is 0. The molecule has 0 aliphatic heterocycles. The summed E-state index contributed by atoms with van der Waals surface area (Å²) < 4.78 is 56.8. The molecule has 2 N–H and O–H groups in total. The van der Waals surface area contributed by atoms with E-state index in [0.717, 1.165) is 24.3 Å². The molecule has 2 rings (SSSR count). The molecule has 0 unspecified atom stereocenters. The average molecular weight is 257 g/mol. The highest BCUT2D eigenvalue weighted by molar-refractivity contribution is 5.54. The van der Waals surface area contributed by atoms with Crippen molar-refractivity contribution in [2.24, 2.45) is 0 Å². The Hall–Kier alpha value is -2.24. The summed E-state index contributed by atoms with van der Waals surface area (Å²) in [5.74, 6) is -5.44. The summed E-state index contributed by atoms with van der Waals surface area (Å²) in [6.45, 7) is 0. The number of nitrogen functional groups attached to an aromatic ring is 1. The first-order chi connectivity index (χ1) is 8.49. The van der Waals surface area contributed by atoms with E-state index in [2.05, 4.69) is 0 Å². The fourth-order valence-corrected chi connectivity index (χ4v) is 1.31. The molecule has 0 heterocycles. The first-order valence-electron chi connectivity index (χ1n) is 4.85. The minimum Gasteiger partial charge on any atom is -0.452 e. The number of hydrogen-bond acceptors (Lipinski definition) is 2. The van der Waals surface area contributed by atoms with E-state index in [1.54, 1.807) is 0 Å². The Morgan fingerprint density at radius 3 is 2.17 bits per heavy atom. The summed E-state index contributed by atoms with van der Waals surface area (Å²) in [6, 6.07) is 4.52. The smallest absolute Gasteiger partial charge is 0.203 e. The van der Waals surface area contributed by atoms with Gasteiger partial charge >= 0.3 is 0 Å². The van der Waals surface area contributed by atoms with E-state index in [4.69, 9.17) is 10.5 Å². The molecule has 0 atom stereocenters. The molecular formula is C12H7F4NO. The maximum atomic E-state index is 13.4. The van der Waals surface area contributed by atoms with Crippen LogP contribution in [0.4, 0.5) is 23.2 Å². The van der Waals surface area contributed by atoms with Crippen LogP contribution in [0.5, 0.6) is 11.5 Å². The largest absolute Gasteiger partial charge is 0.452 e. The number of rotatable bonds is 2. The molecular weight excluding hydrogens is 250 g/mol. The fraction of sp³-hybridized carbons (Fsp3) is 0. The molecule has 0 bridgehead atoms. The lowest BCUT2D eigenvalue weighted by Crippen LogP contribution is -1.98. The maximum absolute atomic E-state index is 13.4. The first-order valence-corrected chi connectivity index (χ1v) is 4.85. The van der Waals surface area contributed by atoms with Gasteiger partial charge in [0.2, 0.25) is 5.82 Å². The van der Waals surface area contributed by atoms with Crippen molar-refractivity contribution in [3.63, 3.8) is 0 Å². The zero-order valence-electron chi connectivity index (χ0n) is 8.88. The molecule has 0 aliphatic carbocycles. The van der Waals surface area contributed by atoms with E-state index in [0.29, 0.717) is 6.07 Å². The first kappa shape index (κ1) is 12.2. The Labute approximate surface area is 99.6 Å². The lowest BCUT2D eigenvalue weighted by atomic mass is 10.2. The van der Waals surface area contributed by atoms with Gasteiger partial charge in [-0.2, -0.15) is 4.39 Å². The van der Waals surface area contributed by atoms with Crippen LogP contribution in [-0.2, 0) is 0 Å². The van der Waals surface area contributed by atoms with E-state index in [1.165, 1.54) is 0 Å². The number of anilines is 1. The third-order valence-corrected chi connectivity index (χ3v) is 2.19. The molecule has 0 saturated carbocycles. The summed E-state index contributed by atoms with van der Waals surface area (Å²) in [7, 11) is 0. The highest BCUT2D eigenvalue weighted by Gasteiger charge is 2.15. The Kier molecular flexibility index (Phi) is 3.10. The minimum absolute atomic E-state index is 0.154. The molecule has 2 aromatic rings. The second-order valence-electron chi connectivity index (χ2n) is 3.46. The van der Waals surface area contributed by atoms with Crippen molar-refractivity contribution in [1.29, 1.82) is 0 Å². The van der Waals surface area contributed by atoms with Gasteiger partial charge in [-0.05, 0) is 24.3 Å². The quantitative estimate of drug-likeness (QED) is 0.658. The summed E-state index contributed by atoms with van der Waals surface area (Å²) in [6.07, 6.45) is 0. The second kappa shape index (κ2) is 4.56. The molecule has 0 spiro atoms. The fourth-order valence-electron chi connectivity index (χ4n) is 1.31. The third-order valence-electron chi connectivity index (χ3n) is 2.19. The van der Waals surface area contributed by atoms with Crippen molar-refractivity contribution < 1.29 is 22.3 Å². The van der Waals surface area contributed by atoms with Crippen LogP contribution in [0.3, 0.4) is 0 Å². The molecule has 0 aliphatic rings. The van der Waals surface area contributed by atoms with Gasteiger partial charge in [-0.25, -0.2) is 13.2 Å². The molecule has 0 radical (unpaired) electrons. The average Bonchev–Trinajstić information content (AvgIpc) is 2.34. The maximum Gasteiger partial charge on any atom is 0.203 e. The second-order valence-corrected chi connectivity index (χ2v) is 3.46. The van der Waals surface area contributed by atoms with Crippen LogP contribution in [0.25, 0.3) is 0 Å². The van der Waals surface area contributed by atoms with Crippen molar-refractivity contribution >= 4 is 5.69 Å². The summed E-state index contributed by atoms with van der Waals surface area (Å²) in [4.78, 5) is 0. The van der Waals surface area contributed by atoms with Gasteiger partial charge in [0.25, 0.3) is 0 Å². The SMILES string of the molecule is Nc1ccc(F)c(F)c1Oc1ccc(F)c(F)c1. The van der Waals surface area contributed by atoms with Gasteiger partial charge in [0, 0.05) is 6.07 Å². The zero-order chi connectivity index (χ0) is 13.3.